The first kappa shape index (κ1) is 22.3. The quantitative estimate of drug-likeness (QED) is 0.223. The Hall–Kier alpha value is 0.310. The zero-order valence-electron chi connectivity index (χ0n) is 15.0. The van der Waals surface area contributed by atoms with Crippen molar-refractivity contribution in [1.82, 2.24) is 0 Å². The molecule has 1 unspecified atom stereocenters. The summed E-state index contributed by atoms with van der Waals surface area (Å²) in [5.74, 6) is 0. The Morgan fingerprint density at radius 2 is 0.864 bits per heavy atom. The largest absolute Gasteiger partial charge is 0.329 e. The normalized spacial score (nSPS) is 12.7. The molecule has 0 bridgehead atoms. The molecule has 0 heterocycles. The van der Waals surface area contributed by atoms with Crippen molar-refractivity contribution >= 4 is 8.60 Å². The number of hydrogen-bond donors (Lipinski definition) is 1. The second-order valence-corrected chi connectivity index (χ2v) is 7.14. The number of rotatable bonds is 18. The lowest BCUT2D eigenvalue weighted by Crippen LogP contribution is -1.95. The molecule has 0 aromatic heterocycles. The van der Waals surface area contributed by atoms with Crippen LogP contribution in [0.1, 0.15) is 104 Å². The van der Waals surface area contributed by atoms with E-state index in [0.29, 0.717) is 13.2 Å². The van der Waals surface area contributed by atoms with Gasteiger partial charge < -0.3 is 13.9 Å². The van der Waals surface area contributed by atoms with Crippen LogP contribution < -0.4 is 0 Å². The van der Waals surface area contributed by atoms with Gasteiger partial charge in [-0.2, -0.15) is 0 Å². The van der Waals surface area contributed by atoms with Gasteiger partial charge in [-0.05, 0) is 12.8 Å². The summed E-state index contributed by atoms with van der Waals surface area (Å²) in [7, 11) is -1.64. The van der Waals surface area contributed by atoms with Gasteiger partial charge in [-0.15, -0.1) is 0 Å². The molecule has 0 aromatic carbocycles. The fourth-order valence-electron chi connectivity index (χ4n) is 2.44. The fraction of sp³-hybridized carbons (Fsp3) is 1.00. The zero-order valence-corrected chi connectivity index (χ0v) is 15.9. The van der Waals surface area contributed by atoms with Crippen molar-refractivity contribution < 1.29 is 13.9 Å². The van der Waals surface area contributed by atoms with E-state index < -0.39 is 8.60 Å². The first-order chi connectivity index (χ1) is 10.8. The highest BCUT2D eigenvalue weighted by atomic mass is 31.2. The minimum absolute atomic E-state index is 0.631. The van der Waals surface area contributed by atoms with Gasteiger partial charge in [0.05, 0.1) is 13.2 Å². The first-order valence-electron chi connectivity index (χ1n) is 9.56. The van der Waals surface area contributed by atoms with E-state index in [2.05, 4.69) is 13.8 Å². The van der Waals surface area contributed by atoms with Gasteiger partial charge in [0.25, 0.3) is 0 Å². The van der Waals surface area contributed by atoms with Crippen LogP contribution in [0.2, 0.25) is 0 Å². The van der Waals surface area contributed by atoms with E-state index in [1.54, 1.807) is 0 Å². The van der Waals surface area contributed by atoms with E-state index in [4.69, 9.17) is 9.05 Å². The van der Waals surface area contributed by atoms with Gasteiger partial charge in [0.1, 0.15) is 0 Å². The predicted octanol–water partition coefficient (Wildman–Crippen LogP) is 6.74. The summed E-state index contributed by atoms with van der Waals surface area (Å²) in [5, 5.41) is 0. The SMILES string of the molecule is CCCCCCCCCCOP(O)OCCCCCCCC. The van der Waals surface area contributed by atoms with Gasteiger partial charge in [0.15, 0.2) is 0 Å². The summed E-state index contributed by atoms with van der Waals surface area (Å²) in [6, 6.07) is 0. The molecule has 22 heavy (non-hydrogen) atoms. The maximum atomic E-state index is 9.61. The third-order valence-electron chi connectivity index (χ3n) is 3.90. The van der Waals surface area contributed by atoms with Gasteiger partial charge in [0, 0.05) is 0 Å². The van der Waals surface area contributed by atoms with Crippen molar-refractivity contribution in [2.24, 2.45) is 0 Å². The Labute approximate surface area is 140 Å². The molecule has 0 amide bonds. The molecule has 0 radical (unpaired) electrons. The Balaban J connectivity index is 3.11. The van der Waals surface area contributed by atoms with Crippen molar-refractivity contribution in [2.45, 2.75) is 104 Å². The van der Waals surface area contributed by atoms with Crippen LogP contribution in [0.5, 0.6) is 0 Å². The standard InChI is InChI=1S/C18H39O3P/c1-3-5-7-9-11-12-14-16-18-21-22(19)20-17-15-13-10-8-6-4-2/h19H,3-18H2,1-2H3. The summed E-state index contributed by atoms with van der Waals surface area (Å²) >= 11 is 0. The van der Waals surface area contributed by atoms with Crippen LogP contribution in [0.25, 0.3) is 0 Å². The summed E-state index contributed by atoms with van der Waals surface area (Å²) in [6.07, 6.45) is 17.7. The molecule has 0 aliphatic rings. The average Bonchev–Trinajstić information content (AvgIpc) is 2.52. The molecule has 0 saturated carbocycles. The zero-order chi connectivity index (χ0) is 16.3. The van der Waals surface area contributed by atoms with Crippen molar-refractivity contribution in [3.05, 3.63) is 0 Å². The monoisotopic (exact) mass is 334 g/mol. The van der Waals surface area contributed by atoms with E-state index in [1.165, 1.54) is 77.0 Å². The van der Waals surface area contributed by atoms with Crippen molar-refractivity contribution in [2.75, 3.05) is 13.2 Å². The van der Waals surface area contributed by atoms with Gasteiger partial charge in [-0.25, -0.2) is 0 Å². The molecule has 0 aliphatic heterocycles. The number of hydrogen-bond acceptors (Lipinski definition) is 3. The van der Waals surface area contributed by atoms with Crippen LogP contribution in [0.15, 0.2) is 0 Å². The van der Waals surface area contributed by atoms with E-state index in [0.717, 1.165) is 12.8 Å². The summed E-state index contributed by atoms with van der Waals surface area (Å²) in [5.41, 5.74) is 0. The van der Waals surface area contributed by atoms with Gasteiger partial charge in [-0.3, -0.25) is 0 Å². The Morgan fingerprint density at radius 3 is 1.23 bits per heavy atom. The number of unbranched alkanes of at least 4 members (excludes halogenated alkanes) is 12. The summed E-state index contributed by atoms with van der Waals surface area (Å²) in [6.45, 7) is 5.74. The Bertz CT molecular complexity index is 203. The smallest absolute Gasteiger partial charge is 0.328 e. The van der Waals surface area contributed by atoms with Gasteiger partial charge >= 0.3 is 8.60 Å². The molecule has 0 fully saturated rings. The molecular formula is C18H39O3P. The van der Waals surface area contributed by atoms with Gasteiger partial charge in [0.2, 0.25) is 0 Å². The lowest BCUT2D eigenvalue weighted by atomic mass is 10.1. The Morgan fingerprint density at radius 1 is 0.545 bits per heavy atom. The molecule has 3 nitrogen and oxygen atoms in total. The maximum absolute atomic E-state index is 9.61. The van der Waals surface area contributed by atoms with E-state index >= 15 is 0 Å². The highest BCUT2D eigenvalue weighted by Crippen LogP contribution is 2.33. The van der Waals surface area contributed by atoms with Gasteiger partial charge in [-0.1, -0.05) is 90.9 Å². The maximum Gasteiger partial charge on any atom is 0.329 e. The van der Waals surface area contributed by atoms with Crippen LogP contribution in [0.4, 0.5) is 0 Å². The van der Waals surface area contributed by atoms with Crippen LogP contribution in [0.3, 0.4) is 0 Å². The summed E-state index contributed by atoms with van der Waals surface area (Å²) in [4.78, 5) is 9.61. The second kappa shape index (κ2) is 19.4. The molecule has 0 spiro atoms. The molecule has 0 rings (SSSR count). The Kier molecular flexibility index (Phi) is 19.6. The molecular weight excluding hydrogens is 295 g/mol. The molecule has 0 aliphatic carbocycles. The van der Waals surface area contributed by atoms with E-state index in [1.807, 2.05) is 0 Å². The predicted molar refractivity (Wildman–Crippen MR) is 97.0 cm³/mol. The lowest BCUT2D eigenvalue weighted by molar-refractivity contribution is 0.194. The molecule has 4 heteroatoms. The van der Waals surface area contributed by atoms with Crippen molar-refractivity contribution in [3.63, 3.8) is 0 Å². The molecule has 134 valence electrons. The van der Waals surface area contributed by atoms with E-state index in [9.17, 15) is 4.89 Å². The third kappa shape index (κ3) is 18.4. The third-order valence-corrected chi connectivity index (χ3v) is 4.71. The van der Waals surface area contributed by atoms with Crippen LogP contribution >= 0.6 is 8.60 Å². The van der Waals surface area contributed by atoms with Crippen molar-refractivity contribution in [1.29, 1.82) is 0 Å². The molecule has 0 saturated heterocycles. The fourth-order valence-corrected chi connectivity index (χ4v) is 3.09. The minimum Gasteiger partial charge on any atom is -0.328 e. The average molecular weight is 334 g/mol. The van der Waals surface area contributed by atoms with Crippen molar-refractivity contribution in [3.8, 4) is 0 Å². The molecule has 1 atom stereocenters. The van der Waals surface area contributed by atoms with Crippen LogP contribution in [-0.4, -0.2) is 18.1 Å². The van der Waals surface area contributed by atoms with Crippen LogP contribution in [0, 0.1) is 0 Å². The highest BCUT2D eigenvalue weighted by Gasteiger charge is 2.05. The lowest BCUT2D eigenvalue weighted by Gasteiger charge is -2.10. The highest BCUT2D eigenvalue weighted by molar-refractivity contribution is 7.40. The minimum atomic E-state index is -1.64. The van der Waals surface area contributed by atoms with E-state index in [-0.39, 0.29) is 0 Å². The van der Waals surface area contributed by atoms with Crippen LogP contribution in [-0.2, 0) is 9.05 Å². The molecule has 0 aromatic rings. The topological polar surface area (TPSA) is 38.7 Å². The molecule has 1 N–H and O–H groups in total. The first-order valence-corrected chi connectivity index (χ1v) is 10.7. The summed E-state index contributed by atoms with van der Waals surface area (Å²) < 4.78 is 10.6. The second-order valence-electron chi connectivity index (χ2n) is 6.15.